The van der Waals surface area contributed by atoms with E-state index in [1.165, 1.54) is 6.07 Å². The molecule has 45 heavy (non-hydrogen) atoms. The zero-order chi connectivity index (χ0) is 33.6. The van der Waals surface area contributed by atoms with Crippen LogP contribution in [0.2, 0.25) is 36.3 Å². The number of nitrogens with zero attached hydrogens (tertiary/aromatic N) is 3. The first-order chi connectivity index (χ1) is 20.6. The predicted molar refractivity (Wildman–Crippen MR) is 172 cm³/mol. The number of ether oxygens (including phenoxy) is 1. The van der Waals surface area contributed by atoms with Gasteiger partial charge < -0.3 is 13.6 Å². The summed E-state index contributed by atoms with van der Waals surface area (Å²) in [5.41, 5.74) is -0.317. The molecule has 4 rings (SSSR count). The van der Waals surface area contributed by atoms with Crippen molar-refractivity contribution in [2.75, 3.05) is 18.3 Å². The van der Waals surface area contributed by atoms with E-state index in [-0.39, 0.29) is 29.1 Å². The van der Waals surface area contributed by atoms with Crippen molar-refractivity contribution in [3.8, 4) is 0 Å². The van der Waals surface area contributed by atoms with Crippen LogP contribution >= 0.6 is 7.75 Å². The number of aromatic nitrogens is 3. The van der Waals surface area contributed by atoms with Crippen LogP contribution in [0.4, 0.5) is 14.6 Å². The molecule has 0 aromatic carbocycles. The lowest BCUT2D eigenvalue weighted by molar-refractivity contribution is -0.138. The lowest BCUT2D eigenvalue weighted by Gasteiger charge is -2.41. The van der Waals surface area contributed by atoms with Crippen molar-refractivity contribution in [2.24, 2.45) is 0 Å². The maximum atomic E-state index is 16.3. The van der Waals surface area contributed by atoms with Crippen molar-refractivity contribution in [3.05, 3.63) is 52.8 Å². The van der Waals surface area contributed by atoms with Gasteiger partial charge in [0.25, 0.3) is 0 Å². The van der Waals surface area contributed by atoms with E-state index in [0.717, 1.165) is 10.8 Å². The second kappa shape index (κ2) is 12.6. The molecule has 5 atom stereocenters. The zero-order valence-electron chi connectivity index (χ0n) is 27.8. The Hall–Kier alpha value is -1.85. The molecule has 2 fully saturated rings. The molecule has 252 valence electrons. The molecule has 0 radical (unpaired) electrons. The molecule has 4 heterocycles. The highest BCUT2D eigenvalue weighted by atomic mass is 31.2. The van der Waals surface area contributed by atoms with Gasteiger partial charge in [-0.15, -0.1) is 0 Å². The monoisotopic (exact) mass is 688 g/mol. The quantitative estimate of drug-likeness (QED) is 0.212. The SMILES string of the molecule is CC(C)(C)[Si](C)(C)OC[C@H]1O[C@@H](n2ccc(NP3(=O)OCCC(c4cccnc4)O3)nc2=O)C(F)(F)C1O[Si](C)(C)C(C)(C)C. The van der Waals surface area contributed by atoms with E-state index in [0.29, 0.717) is 12.0 Å². The van der Waals surface area contributed by atoms with Gasteiger partial charge in [0.1, 0.15) is 18.0 Å². The normalized spacial score (nSPS) is 27.8. The van der Waals surface area contributed by atoms with Crippen LogP contribution in [0, 0.1) is 0 Å². The van der Waals surface area contributed by atoms with Crippen molar-refractivity contribution in [3.63, 3.8) is 0 Å². The molecular formula is C29H47F2N4O7PSi2. The van der Waals surface area contributed by atoms with Gasteiger partial charge in [0, 0.05) is 25.0 Å². The number of hydrogen-bond donors (Lipinski definition) is 1. The van der Waals surface area contributed by atoms with Crippen molar-refractivity contribution in [1.82, 2.24) is 14.5 Å². The minimum absolute atomic E-state index is 0.111. The maximum Gasteiger partial charge on any atom is 0.434 e. The summed E-state index contributed by atoms with van der Waals surface area (Å²) in [7, 11) is -8.98. The lowest BCUT2D eigenvalue weighted by Crippen LogP contribution is -2.53. The highest BCUT2D eigenvalue weighted by Gasteiger charge is 2.63. The molecule has 1 N–H and O–H groups in total. The Morgan fingerprint density at radius 2 is 1.78 bits per heavy atom. The minimum atomic E-state index is -3.94. The molecule has 2 saturated heterocycles. The topological polar surface area (TPSA) is 123 Å². The summed E-state index contributed by atoms with van der Waals surface area (Å²) in [6, 6.07) is 4.78. The molecule has 2 aliphatic rings. The van der Waals surface area contributed by atoms with Crippen LogP contribution in [0.3, 0.4) is 0 Å². The molecule has 0 aliphatic carbocycles. The van der Waals surface area contributed by atoms with Gasteiger partial charge in [0.15, 0.2) is 16.6 Å². The largest absolute Gasteiger partial charge is 0.434 e. The van der Waals surface area contributed by atoms with E-state index < -0.39 is 60.5 Å². The number of rotatable bonds is 9. The third kappa shape index (κ3) is 7.83. The van der Waals surface area contributed by atoms with Crippen molar-refractivity contribution >= 4 is 30.2 Å². The number of halogens is 2. The number of alkyl halides is 2. The highest BCUT2D eigenvalue weighted by Crippen LogP contribution is 2.55. The summed E-state index contributed by atoms with van der Waals surface area (Å²) >= 11 is 0. The summed E-state index contributed by atoms with van der Waals surface area (Å²) in [5.74, 6) is -3.75. The molecule has 0 amide bonds. The van der Waals surface area contributed by atoms with Crippen LogP contribution < -0.4 is 10.8 Å². The minimum Gasteiger partial charge on any atom is -0.414 e. The van der Waals surface area contributed by atoms with Gasteiger partial charge in [-0.1, -0.05) is 47.6 Å². The van der Waals surface area contributed by atoms with Gasteiger partial charge in [-0.05, 0) is 54.0 Å². The smallest absolute Gasteiger partial charge is 0.414 e. The molecule has 0 spiro atoms. The fourth-order valence-corrected chi connectivity index (χ4v) is 8.23. The fourth-order valence-electron chi connectivity index (χ4n) is 4.43. The van der Waals surface area contributed by atoms with Crippen LogP contribution in [0.5, 0.6) is 0 Å². The van der Waals surface area contributed by atoms with Gasteiger partial charge in [-0.3, -0.25) is 23.7 Å². The van der Waals surface area contributed by atoms with E-state index in [1.54, 1.807) is 24.5 Å². The van der Waals surface area contributed by atoms with Crippen molar-refractivity contribution in [2.45, 2.75) is 115 Å². The van der Waals surface area contributed by atoms with Gasteiger partial charge in [-0.2, -0.15) is 13.8 Å². The third-order valence-corrected chi connectivity index (χ3v) is 19.8. The van der Waals surface area contributed by atoms with Crippen molar-refractivity contribution < 1.29 is 36.0 Å². The Morgan fingerprint density at radius 3 is 2.36 bits per heavy atom. The number of anilines is 1. The zero-order valence-corrected chi connectivity index (χ0v) is 30.7. The Morgan fingerprint density at radius 1 is 1.11 bits per heavy atom. The summed E-state index contributed by atoms with van der Waals surface area (Å²) in [6.45, 7) is 20.0. The molecular weight excluding hydrogens is 641 g/mol. The highest BCUT2D eigenvalue weighted by molar-refractivity contribution is 7.55. The number of nitrogens with one attached hydrogen (secondary N) is 1. The van der Waals surface area contributed by atoms with E-state index >= 15 is 8.78 Å². The molecule has 16 heteroatoms. The first-order valence-electron chi connectivity index (χ1n) is 15.1. The van der Waals surface area contributed by atoms with Gasteiger partial charge in [-0.25, -0.2) is 9.36 Å². The van der Waals surface area contributed by atoms with Crippen LogP contribution in [-0.2, 0) is 27.2 Å². The Balaban J connectivity index is 1.59. The molecule has 0 saturated carbocycles. The average molecular weight is 689 g/mol. The van der Waals surface area contributed by atoms with Gasteiger partial charge in [0.05, 0.1) is 19.3 Å². The Kier molecular flexibility index (Phi) is 10.1. The molecule has 0 bridgehead atoms. The number of hydrogen-bond acceptors (Lipinski definition) is 9. The molecule has 2 aliphatic heterocycles. The molecule has 11 nitrogen and oxygen atoms in total. The van der Waals surface area contributed by atoms with Crippen LogP contribution in [0.1, 0.15) is 65.9 Å². The molecule has 3 unspecified atom stereocenters. The molecule has 2 aromatic rings. The van der Waals surface area contributed by atoms with Crippen LogP contribution in [-0.4, -0.2) is 62.5 Å². The predicted octanol–water partition coefficient (Wildman–Crippen LogP) is 7.28. The fraction of sp³-hybridized carbons (Fsp3) is 0.690. The van der Waals surface area contributed by atoms with Crippen LogP contribution in [0.25, 0.3) is 0 Å². The Labute approximate surface area is 266 Å². The van der Waals surface area contributed by atoms with Gasteiger partial charge >= 0.3 is 19.4 Å². The maximum absolute atomic E-state index is 16.3. The Bertz CT molecular complexity index is 1450. The second-order valence-corrected chi connectivity index (χ2v) is 25.9. The van der Waals surface area contributed by atoms with E-state index in [9.17, 15) is 9.36 Å². The average Bonchev–Trinajstić information content (AvgIpc) is 3.15. The lowest BCUT2D eigenvalue weighted by atomic mass is 10.1. The second-order valence-electron chi connectivity index (χ2n) is 14.7. The first-order valence-corrected chi connectivity index (χ1v) is 22.5. The standard InChI is InChI=1S/C29H47F2N4O7PSi2/c1-27(2,3)44(7,8)39-19-22-24(42-45(9,10)28(4,5)6)29(30,31)25(40-22)35-16-13-23(33-26(35)36)34-43(37)38-17-14-21(41-43)20-12-11-15-32-18-20/h11-13,15-16,18,21-22,24-25H,14,17,19H2,1-10H3,(H,33,34,36,37)/t21?,22-,24?,25-,43?/m1/s1. The first kappa shape index (κ1) is 36.0. The summed E-state index contributed by atoms with van der Waals surface area (Å²) in [5, 5.41) is 2.05. The third-order valence-electron chi connectivity index (χ3n) is 9.29. The van der Waals surface area contributed by atoms with E-state index in [4.69, 9.17) is 22.6 Å². The van der Waals surface area contributed by atoms with E-state index in [1.807, 2.05) is 47.0 Å². The van der Waals surface area contributed by atoms with Gasteiger partial charge in [0.2, 0.25) is 6.23 Å². The summed E-state index contributed by atoms with van der Waals surface area (Å²) in [4.78, 5) is 21.2. The number of pyridine rings is 1. The summed E-state index contributed by atoms with van der Waals surface area (Å²) < 4.78 is 76.4. The summed E-state index contributed by atoms with van der Waals surface area (Å²) in [6.07, 6.45) is -0.548. The molecule has 2 aromatic heterocycles. The van der Waals surface area contributed by atoms with E-state index in [2.05, 4.69) is 35.8 Å². The van der Waals surface area contributed by atoms with Crippen molar-refractivity contribution in [1.29, 1.82) is 0 Å². The van der Waals surface area contributed by atoms with Crippen LogP contribution in [0.15, 0.2) is 41.6 Å².